The Hall–Kier alpha value is -1.42. The van der Waals surface area contributed by atoms with E-state index < -0.39 is 0 Å². The molecule has 2 heterocycles. The zero-order valence-electron chi connectivity index (χ0n) is 10.0. The summed E-state index contributed by atoms with van der Waals surface area (Å²) in [5, 5.41) is 4.49. The smallest absolute Gasteiger partial charge is 0.156 e. The molecule has 0 amide bonds. The highest BCUT2D eigenvalue weighted by molar-refractivity contribution is 5.38. The van der Waals surface area contributed by atoms with Gasteiger partial charge in [-0.2, -0.15) is 5.10 Å². The van der Waals surface area contributed by atoms with Crippen molar-refractivity contribution in [1.82, 2.24) is 14.6 Å². The number of aromatic nitrogens is 3. The topological polar surface area (TPSA) is 56.2 Å². The fourth-order valence-corrected chi connectivity index (χ4v) is 1.84. The van der Waals surface area contributed by atoms with Gasteiger partial charge in [-0.15, -0.1) is 0 Å². The Labute approximate surface area is 95.5 Å². The first kappa shape index (κ1) is 11.1. The van der Waals surface area contributed by atoms with Crippen molar-refractivity contribution in [1.29, 1.82) is 0 Å². The van der Waals surface area contributed by atoms with E-state index in [1.165, 1.54) is 5.56 Å². The predicted molar refractivity (Wildman–Crippen MR) is 64.4 cm³/mol. The molecule has 2 aromatic rings. The zero-order chi connectivity index (χ0) is 11.7. The molecule has 0 aliphatic heterocycles. The molecule has 0 aromatic carbocycles. The van der Waals surface area contributed by atoms with Crippen LogP contribution < -0.4 is 5.73 Å². The first-order valence-corrected chi connectivity index (χ1v) is 5.65. The minimum absolute atomic E-state index is 0.236. The zero-order valence-corrected chi connectivity index (χ0v) is 10.0. The number of fused-ring (bicyclic) bond motifs is 1. The lowest BCUT2D eigenvalue weighted by Gasteiger charge is -2.14. The molecule has 2 aromatic heterocycles. The van der Waals surface area contributed by atoms with Gasteiger partial charge in [0.25, 0.3) is 0 Å². The summed E-state index contributed by atoms with van der Waals surface area (Å²) < 4.78 is 1.83. The average Bonchev–Trinajstić information content (AvgIpc) is 2.60. The number of nitrogens with zero attached hydrogens (tertiary/aromatic N) is 3. The third-order valence-corrected chi connectivity index (χ3v) is 2.89. The third-order valence-electron chi connectivity index (χ3n) is 2.89. The van der Waals surface area contributed by atoms with E-state index >= 15 is 0 Å². The lowest BCUT2D eigenvalue weighted by atomic mass is 9.95. The van der Waals surface area contributed by atoms with Crippen LogP contribution in [-0.2, 0) is 0 Å². The van der Waals surface area contributed by atoms with Gasteiger partial charge in [0.05, 0.1) is 0 Å². The summed E-state index contributed by atoms with van der Waals surface area (Å²) in [4.78, 5) is 4.52. The first-order chi connectivity index (χ1) is 7.61. The summed E-state index contributed by atoms with van der Waals surface area (Å²) in [6, 6.07) is 4.03. The van der Waals surface area contributed by atoms with Gasteiger partial charge in [-0.25, -0.2) is 9.50 Å². The molecule has 0 aliphatic carbocycles. The fraction of sp³-hybridized carbons (Fsp3) is 0.500. The van der Waals surface area contributed by atoms with Crippen molar-refractivity contribution < 1.29 is 0 Å². The molecule has 0 fully saturated rings. The van der Waals surface area contributed by atoms with Crippen LogP contribution in [0, 0.1) is 12.8 Å². The predicted octanol–water partition coefficient (Wildman–Crippen LogP) is 1.74. The quantitative estimate of drug-likeness (QED) is 0.853. The lowest BCUT2D eigenvalue weighted by Crippen LogP contribution is -2.19. The molecule has 2 rings (SSSR count). The second kappa shape index (κ2) is 4.22. The van der Waals surface area contributed by atoms with Crippen LogP contribution in [0.5, 0.6) is 0 Å². The number of hydrogen-bond donors (Lipinski definition) is 1. The maximum absolute atomic E-state index is 5.77. The van der Waals surface area contributed by atoms with E-state index in [-0.39, 0.29) is 5.92 Å². The highest BCUT2D eigenvalue weighted by atomic mass is 15.3. The molecule has 0 bridgehead atoms. The average molecular weight is 218 g/mol. The highest BCUT2D eigenvalue weighted by Gasteiger charge is 2.18. The molecule has 1 atom stereocenters. The molecule has 16 heavy (non-hydrogen) atoms. The van der Waals surface area contributed by atoms with Gasteiger partial charge in [-0.1, -0.05) is 19.9 Å². The third kappa shape index (κ3) is 1.93. The maximum atomic E-state index is 5.77. The number of rotatable bonds is 3. The van der Waals surface area contributed by atoms with E-state index in [4.69, 9.17) is 5.73 Å². The molecule has 2 N–H and O–H groups in total. The number of pyridine rings is 1. The second-order valence-corrected chi connectivity index (χ2v) is 4.57. The largest absolute Gasteiger partial charge is 0.330 e. The molecule has 0 spiro atoms. The van der Waals surface area contributed by atoms with Gasteiger partial charge in [0.1, 0.15) is 0 Å². The van der Waals surface area contributed by atoms with Gasteiger partial charge in [0.2, 0.25) is 0 Å². The van der Waals surface area contributed by atoms with Crippen LogP contribution in [0.2, 0.25) is 0 Å². The molecule has 0 aliphatic rings. The normalized spacial score (nSPS) is 13.6. The summed E-state index contributed by atoms with van der Waals surface area (Å²) in [5.74, 6) is 1.55. The van der Waals surface area contributed by atoms with Gasteiger partial charge in [-0.3, -0.25) is 0 Å². The Morgan fingerprint density at radius 2 is 2.12 bits per heavy atom. The van der Waals surface area contributed by atoms with Gasteiger partial charge < -0.3 is 5.73 Å². The van der Waals surface area contributed by atoms with E-state index in [0.717, 1.165) is 11.5 Å². The molecule has 0 radical (unpaired) electrons. The van der Waals surface area contributed by atoms with Gasteiger partial charge in [0.15, 0.2) is 11.5 Å². The maximum Gasteiger partial charge on any atom is 0.156 e. The summed E-state index contributed by atoms with van der Waals surface area (Å²) in [5.41, 5.74) is 7.84. The van der Waals surface area contributed by atoms with Crippen molar-refractivity contribution in [3.05, 3.63) is 29.7 Å². The molecular formula is C12H18N4. The Kier molecular flexibility index (Phi) is 2.92. The van der Waals surface area contributed by atoms with E-state index in [2.05, 4.69) is 23.9 Å². The number of hydrogen-bond acceptors (Lipinski definition) is 3. The summed E-state index contributed by atoms with van der Waals surface area (Å²) >= 11 is 0. The van der Waals surface area contributed by atoms with Crippen molar-refractivity contribution in [2.45, 2.75) is 26.7 Å². The van der Waals surface area contributed by atoms with E-state index in [9.17, 15) is 0 Å². The van der Waals surface area contributed by atoms with Crippen molar-refractivity contribution in [3.63, 3.8) is 0 Å². The summed E-state index contributed by atoms with van der Waals surface area (Å²) in [6.45, 7) is 6.93. The summed E-state index contributed by atoms with van der Waals surface area (Å²) in [6.07, 6.45) is 1.99. The molecular weight excluding hydrogens is 200 g/mol. The van der Waals surface area contributed by atoms with Crippen molar-refractivity contribution >= 4 is 5.65 Å². The Bertz CT molecular complexity index is 487. The van der Waals surface area contributed by atoms with Crippen molar-refractivity contribution in [2.75, 3.05) is 6.54 Å². The SMILES string of the molecule is Cc1ccc2nc(C(CN)C(C)C)nn2c1. The van der Waals surface area contributed by atoms with Crippen LogP contribution in [0.1, 0.15) is 31.2 Å². The van der Waals surface area contributed by atoms with Crippen LogP contribution in [0.15, 0.2) is 18.3 Å². The lowest BCUT2D eigenvalue weighted by molar-refractivity contribution is 0.483. The van der Waals surface area contributed by atoms with Crippen molar-refractivity contribution in [2.24, 2.45) is 11.7 Å². The van der Waals surface area contributed by atoms with E-state index in [1.54, 1.807) is 0 Å². The van der Waals surface area contributed by atoms with E-state index in [0.29, 0.717) is 12.5 Å². The van der Waals surface area contributed by atoms with Crippen LogP contribution in [0.4, 0.5) is 0 Å². The van der Waals surface area contributed by atoms with Crippen LogP contribution in [0.3, 0.4) is 0 Å². The van der Waals surface area contributed by atoms with Gasteiger partial charge in [0, 0.05) is 18.7 Å². The van der Waals surface area contributed by atoms with Gasteiger partial charge >= 0.3 is 0 Å². The van der Waals surface area contributed by atoms with Crippen molar-refractivity contribution in [3.8, 4) is 0 Å². The minimum atomic E-state index is 0.236. The molecule has 0 saturated carbocycles. The second-order valence-electron chi connectivity index (χ2n) is 4.57. The highest BCUT2D eigenvalue weighted by Crippen LogP contribution is 2.20. The van der Waals surface area contributed by atoms with Gasteiger partial charge in [-0.05, 0) is 24.5 Å². The van der Waals surface area contributed by atoms with Crippen LogP contribution in [0.25, 0.3) is 5.65 Å². The Morgan fingerprint density at radius 3 is 2.75 bits per heavy atom. The summed E-state index contributed by atoms with van der Waals surface area (Å²) in [7, 11) is 0. The van der Waals surface area contributed by atoms with Crippen LogP contribution >= 0.6 is 0 Å². The first-order valence-electron chi connectivity index (χ1n) is 5.65. The molecule has 1 unspecified atom stereocenters. The molecule has 86 valence electrons. The Balaban J connectivity index is 2.45. The minimum Gasteiger partial charge on any atom is -0.330 e. The van der Waals surface area contributed by atoms with E-state index in [1.807, 2.05) is 29.8 Å². The standard InChI is InChI=1S/C12H18N4/c1-8(2)10(6-13)12-14-11-5-4-9(3)7-16(11)15-12/h4-5,7-8,10H,6,13H2,1-3H3. The monoisotopic (exact) mass is 218 g/mol. The Morgan fingerprint density at radius 1 is 1.38 bits per heavy atom. The fourth-order valence-electron chi connectivity index (χ4n) is 1.84. The molecule has 0 saturated heterocycles. The number of nitrogens with two attached hydrogens (primary N) is 1. The molecule has 4 heteroatoms. The molecule has 4 nitrogen and oxygen atoms in total. The van der Waals surface area contributed by atoms with Crippen LogP contribution in [-0.4, -0.2) is 21.1 Å². The number of aryl methyl sites for hydroxylation is 1.